The lowest BCUT2D eigenvalue weighted by Crippen LogP contribution is -2.38. The number of hydrogen-bond donors (Lipinski definition) is 4. The first-order valence-corrected chi connectivity index (χ1v) is 11.2. The lowest BCUT2D eigenvalue weighted by atomic mass is 10.0. The van der Waals surface area contributed by atoms with Crippen LogP contribution in [0.2, 0.25) is 0 Å². The summed E-state index contributed by atoms with van der Waals surface area (Å²) in [5, 5.41) is 21.7. The van der Waals surface area contributed by atoms with Crippen LogP contribution in [-0.4, -0.2) is 65.9 Å². The topological polar surface area (TPSA) is 146 Å². The second-order valence-electron chi connectivity index (χ2n) is 8.93. The van der Waals surface area contributed by atoms with Crippen LogP contribution in [0.25, 0.3) is 0 Å². The zero-order chi connectivity index (χ0) is 24.4. The molecule has 4 N–H and O–H groups in total. The highest BCUT2D eigenvalue weighted by atomic mass is 16.6. The second kappa shape index (κ2) is 9.72. The van der Waals surface area contributed by atoms with Gasteiger partial charge in [0, 0.05) is 43.8 Å². The van der Waals surface area contributed by atoms with Gasteiger partial charge < -0.3 is 19.9 Å². The summed E-state index contributed by atoms with van der Waals surface area (Å²) in [5.41, 5.74) is 5.05. The number of aromatic nitrogens is 2. The average Bonchev–Trinajstić information content (AvgIpc) is 3.52. The quantitative estimate of drug-likeness (QED) is 0.355. The number of benzene rings is 1. The number of phenolic OH excluding ortho intramolecular Hbond substituents is 1. The third-order valence-electron chi connectivity index (χ3n) is 6.40. The van der Waals surface area contributed by atoms with Gasteiger partial charge in [-0.3, -0.25) is 20.1 Å². The number of phenols is 1. The number of nitrogens with one attached hydrogen (secondary N) is 3. The fraction of sp³-hybridized carbons (Fsp3) is 0.478. The summed E-state index contributed by atoms with van der Waals surface area (Å²) < 4.78 is 10.8. The predicted molar refractivity (Wildman–Crippen MR) is 122 cm³/mol. The monoisotopic (exact) mass is 471 g/mol. The van der Waals surface area contributed by atoms with Crippen molar-refractivity contribution in [3.05, 3.63) is 34.5 Å². The van der Waals surface area contributed by atoms with Crippen molar-refractivity contribution in [1.82, 2.24) is 20.6 Å². The van der Waals surface area contributed by atoms with Crippen LogP contribution in [0.3, 0.4) is 0 Å². The minimum absolute atomic E-state index is 0.147. The minimum Gasteiger partial charge on any atom is -0.507 e. The molecule has 0 spiro atoms. The molecule has 3 atom stereocenters. The van der Waals surface area contributed by atoms with Crippen molar-refractivity contribution in [3.63, 3.8) is 0 Å². The van der Waals surface area contributed by atoms with Gasteiger partial charge in [-0.15, -0.1) is 0 Å². The molecule has 182 valence electrons. The van der Waals surface area contributed by atoms with Crippen LogP contribution < -0.4 is 15.5 Å². The molecule has 0 aliphatic heterocycles. The van der Waals surface area contributed by atoms with Gasteiger partial charge >= 0.3 is 6.09 Å². The van der Waals surface area contributed by atoms with E-state index in [0.717, 1.165) is 24.1 Å². The number of carbonyl (C=O) groups is 3. The van der Waals surface area contributed by atoms with Gasteiger partial charge in [-0.1, -0.05) is 0 Å². The SMILES string of the molecule is COc1cc(O)c(C=O)c2c1CC(C(=O)Nc1cc([C@H]3CC[C@@H](OC(=O)NN(C)C)C3)[nH]n1)C2. The Labute approximate surface area is 196 Å². The number of hydrogen-bond acceptors (Lipinski definition) is 8. The number of aldehydes is 1. The summed E-state index contributed by atoms with van der Waals surface area (Å²) in [7, 11) is 4.91. The van der Waals surface area contributed by atoms with E-state index in [9.17, 15) is 19.5 Å². The average molecular weight is 472 g/mol. The third-order valence-corrected chi connectivity index (χ3v) is 6.40. The Morgan fingerprint density at radius 1 is 1.24 bits per heavy atom. The number of nitrogens with zero attached hydrogens (tertiary/aromatic N) is 2. The first-order valence-electron chi connectivity index (χ1n) is 11.2. The molecule has 2 amide bonds. The van der Waals surface area contributed by atoms with E-state index >= 15 is 0 Å². The summed E-state index contributed by atoms with van der Waals surface area (Å²) in [6.07, 6.45) is 2.94. The second-order valence-corrected chi connectivity index (χ2v) is 8.93. The number of anilines is 1. The maximum atomic E-state index is 12.9. The standard InChI is InChI=1S/C23H29N5O6/c1-28(2)27-23(32)34-14-5-4-12(6-14)18-9-21(26-25-18)24-22(31)13-7-15-16(8-13)20(33-3)10-19(30)17(15)11-29/h9-14,30H,4-8H2,1-3H3,(H,27,32)(H2,24,25,26,31)/t12-,13?,14+/m0/s1. The van der Waals surface area contributed by atoms with E-state index in [4.69, 9.17) is 9.47 Å². The van der Waals surface area contributed by atoms with E-state index in [2.05, 4.69) is 20.9 Å². The molecule has 2 aromatic rings. The van der Waals surface area contributed by atoms with Gasteiger partial charge in [0.1, 0.15) is 17.6 Å². The molecule has 4 rings (SSSR count). The van der Waals surface area contributed by atoms with Gasteiger partial charge in [0.2, 0.25) is 5.91 Å². The van der Waals surface area contributed by atoms with Crippen molar-refractivity contribution in [2.75, 3.05) is 26.5 Å². The number of aromatic amines is 1. The Balaban J connectivity index is 1.36. The number of amides is 2. The number of aromatic hydroxyl groups is 1. The summed E-state index contributed by atoms with van der Waals surface area (Å²) in [6, 6.07) is 3.21. The molecule has 2 aliphatic rings. The van der Waals surface area contributed by atoms with Crippen molar-refractivity contribution in [2.45, 2.75) is 44.1 Å². The number of carbonyl (C=O) groups excluding carboxylic acids is 3. The molecule has 34 heavy (non-hydrogen) atoms. The van der Waals surface area contributed by atoms with Crippen molar-refractivity contribution >= 4 is 24.1 Å². The Morgan fingerprint density at radius 2 is 2.00 bits per heavy atom. The molecule has 11 heteroatoms. The highest BCUT2D eigenvalue weighted by Gasteiger charge is 2.34. The third kappa shape index (κ3) is 4.84. The van der Waals surface area contributed by atoms with Crippen LogP contribution in [0.5, 0.6) is 11.5 Å². The van der Waals surface area contributed by atoms with Crippen molar-refractivity contribution in [1.29, 1.82) is 0 Å². The van der Waals surface area contributed by atoms with Crippen molar-refractivity contribution < 1.29 is 29.0 Å². The van der Waals surface area contributed by atoms with Crippen LogP contribution in [-0.2, 0) is 22.4 Å². The van der Waals surface area contributed by atoms with Crippen molar-refractivity contribution in [2.24, 2.45) is 5.92 Å². The minimum atomic E-state index is -0.478. The van der Waals surface area contributed by atoms with Gasteiger partial charge in [-0.2, -0.15) is 5.10 Å². The lowest BCUT2D eigenvalue weighted by molar-refractivity contribution is -0.119. The highest BCUT2D eigenvalue weighted by molar-refractivity contribution is 5.94. The zero-order valence-electron chi connectivity index (χ0n) is 19.4. The van der Waals surface area contributed by atoms with E-state index in [1.165, 1.54) is 18.2 Å². The predicted octanol–water partition coefficient (Wildman–Crippen LogP) is 2.13. The van der Waals surface area contributed by atoms with Gasteiger partial charge in [0.05, 0.1) is 12.7 Å². The number of fused-ring (bicyclic) bond motifs is 1. The molecular weight excluding hydrogens is 442 g/mol. The molecule has 0 bridgehead atoms. The highest BCUT2D eigenvalue weighted by Crippen LogP contribution is 2.40. The Morgan fingerprint density at radius 3 is 2.71 bits per heavy atom. The van der Waals surface area contributed by atoms with E-state index in [0.29, 0.717) is 42.7 Å². The fourth-order valence-electron chi connectivity index (χ4n) is 4.80. The molecule has 0 saturated heterocycles. The smallest absolute Gasteiger partial charge is 0.422 e. The summed E-state index contributed by atoms with van der Waals surface area (Å²) in [4.78, 5) is 36.2. The number of methoxy groups -OCH3 is 1. The normalized spacial score (nSPS) is 21.2. The number of H-pyrrole nitrogens is 1. The molecule has 1 heterocycles. The molecule has 0 radical (unpaired) electrons. The van der Waals surface area contributed by atoms with Gasteiger partial charge in [-0.25, -0.2) is 9.80 Å². The molecule has 1 unspecified atom stereocenters. The fourth-order valence-corrected chi connectivity index (χ4v) is 4.80. The summed E-state index contributed by atoms with van der Waals surface area (Å²) >= 11 is 0. The van der Waals surface area contributed by atoms with Crippen LogP contribution >= 0.6 is 0 Å². The summed E-state index contributed by atoms with van der Waals surface area (Å²) in [6.45, 7) is 0. The largest absolute Gasteiger partial charge is 0.507 e. The molecular formula is C23H29N5O6. The lowest BCUT2D eigenvalue weighted by Gasteiger charge is -2.16. The molecule has 11 nitrogen and oxygen atoms in total. The van der Waals surface area contributed by atoms with E-state index in [-0.39, 0.29) is 29.2 Å². The molecule has 1 saturated carbocycles. The Kier molecular flexibility index (Phi) is 6.73. The summed E-state index contributed by atoms with van der Waals surface area (Å²) in [5.74, 6) is 0.239. The van der Waals surface area contributed by atoms with Gasteiger partial charge in [0.15, 0.2) is 12.1 Å². The van der Waals surface area contributed by atoms with E-state index in [1.54, 1.807) is 20.2 Å². The van der Waals surface area contributed by atoms with Crippen LogP contribution in [0.1, 0.15) is 52.4 Å². The van der Waals surface area contributed by atoms with Gasteiger partial charge in [-0.05, 0) is 43.2 Å². The number of rotatable bonds is 7. The Bertz CT molecular complexity index is 1100. The van der Waals surface area contributed by atoms with Crippen LogP contribution in [0, 0.1) is 5.92 Å². The number of ether oxygens (including phenoxy) is 2. The maximum absolute atomic E-state index is 12.9. The van der Waals surface area contributed by atoms with E-state index in [1.807, 2.05) is 0 Å². The first-order chi connectivity index (χ1) is 16.3. The zero-order valence-corrected chi connectivity index (χ0v) is 19.4. The van der Waals surface area contributed by atoms with Gasteiger partial charge in [0.25, 0.3) is 0 Å². The molecule has 1 fully saturated rings. The molecule has 2 aliphatic carbocycles. The molecule has 1 aromatic heterocycles. The first kappa shape index (κ1) is 23.6. The van der Waals surface area contributed by atoms with E-state index < -0.39 is 12.0 Å². The molecule has 1 aromatic carbocycles. The van der Waals surface area contributed by atoms with Crippen LogP contribution in [0.4, 0.5) is 10.6 Å². The van der Waals surface area contributed by atoms with Crippen LogP contribution in [0.15, 0.2) is 12.1 Å². The maximum Gasteiger partial charge on any atom is 0.422 e. The Hall–Kier alpha value is -3.60. The number of hydrazine groups is 1. The van der Waals surface area contributed by atoms with Crippen molar-refractivity contribution in [3.8, 4) is 11.5 Å².